The Morgan fingerprint density at radius 1 is 1.39 bits per heavy atom. The van der Waals surface area contributed by atoms with E-state index in [9.17, 15) is 0 Å². The van der Waals surface area contributed by atoms with Crippen LogP contribution in [-0.2, 0) is 0 Å². The lowest BCUT2D eigenvalue weighted by atomic mass is 10.0. The summed E-state index contributed by atoms with van der Waals surface area (Å²) in [5, 5.41) is 4.14. The average molecular weight is 331 g/mol. The van der Waals surface area contributed by atoms with Crippen molar-refractivity contribution in [1.82, 2.24) is 5.32 Å². The molecule has 0 radical (unpaired) electrons. The van der Waals surface area contributed by atoms with E-state index in [2.05, 4.69) is 33.9 Å². The van der Waals surface area contributed by atoms with Crippen LogP contribution >= 0.6 is 27.5 Å². The first-order valence-corrected chi connectivity index (χ1v) is 7.59. The van der Waals surface area contributed by atoms with Gasteiger partial charge in [-0.1, -0.05) is 36.6 Å². The van der Waals surface area contributed by atoms with Crippen LogP contribution in [0, 0.1) is 0 Å². The molecule has 100 valence electrons. The second-order valence-electron chi connectivity index (χ2n) is 4.44. The molecule has 0 heterocycles. The number of rotatable bonds is 8. The van der Waals surface area contributed by atoms with E-state index >= 15 is 0 Å². The molecular weight excluding hydrogens is 310 g/mol. The fourth-order valence-electron chi connectivity index (χ4n) is 2.02. The third-order valence-electron chi connectivity index (χ3n) is 3.10. The molecule has 0 saturated carbocycles. The highest BCUT2D eigenvalue weighted by Gasteiger charge is 2.10. The molecule has 1 rings (SSSR count). The van der Waals surface area contributed by atoms with Crippen LogP contribution in [0.5, 0.6) is 0 Å². The van der Waals surface area contributed by atoms with Crippen molar-refractivity contribution in [3.63, 3.8) is 0 Å². The predicted octanol–water partition coefficient (Wildman–Crippen LogP) is 5.50. The zero-order chi connectivity index (χ0) is 13.4. The van der Waals surface area contributed by atoms with Gasteiger partial charge in [-0.3, -0.25) is 0 Å². The van der Waals surface area contributed by atoms with E-state index in [0.717, 1.165) is 22.3 Å². The maximum Gasteiger partial charge on any atom is 0.0551 e. The molecule has 1 atom stereocenters. The topological polar surface area (TPSA) is 12.0 Å². The van der Waals surface area contributed by atoms with Gasteiger partial charge in [0.1, 0.15) is 0 Å². The van der Waals surface area contributed by atoms with E-state index in [-0.39, 0.29) is 0 Å². The lowest BCUT2D eigenvalue weighted by molar-refractivity contribution is 0.508. The SMILES string of the molecule is C=CCCCCCC(NC)c1ccc(Br)c(Cl)c1. The maximum atomic E-state index is 6.13. The predicted molar refractivity (Wildman–Crippen MR) is 84.2 cm³/mol. The highest BCUT2D eigenvalue weighted by molar-refractivity contribution is 9.10. The van der Waals surface area contributed by atoms with Crippen molar-refractivity contribution >= 4 is 27.5 Å². The molecule has 1 aromatic rings. The van der Waals surface area contributed by atoms with Crippen LogP contribution in [0.4, 0.5) is 0 Å². The third-order valence-corrected chi connectivity index (χ3v) is 4.33. The second kappa shape index (κ2) is 8.73. The van der Waals surface area contributed by atoms with Gasteiger partial charge < -0.3 is 5.32 Å². The van der Waals surface area contributed by atoms with Gasteiger partial charge in [0.05, 0.1) is 5.02 Å². The highest BCUT2D eigenvalue weighted by atomic mass is 79.9. The van der Waals surface area contributed by atoms with Gasteiger partial charge in [0, 0.05) is 10.5 Å². The zero-order valence-corrected chi connectivity index (χ0v) is 13.2. The normalized spacial score (nSPS) is 12.4. The molecule has 0 spiro atoms. The molecular formula is C15H21BrClN. The second-order valence-corrected chi connectivity index (χ2v) is 5.70. The highest BCUT2D eigenvalue weighted by Crippen LogP contribution is 2.28. The molecule has 1 N–H and O–H groups in total. The molecule has 1 aromatic carbocycles. The van der Waals surface area contributed by atoms with Crippen molar-refractivity contribution in [3.8, 4) is 0 Å². The van der Waals surface area contributed by atoms with Crippen LogP contribution in [0.15, 0.2) is 35.3 Å². The minimum atomic E-state index is 0.388. The quantitative estimate of drug-likeness (QED) is 0.490. The summed E-state index contributed by atoms with van der Waals surface area (Å²) in [4.78, 5) is 0. The Balaban J connectivity index is 2.49. The lowest BCUT2D eigenvalue weighted by Gasteiger charge is -2.17. The molecule has 0 aliphatic carbocycles. The van der Waals surface area contributed by atoms with E-state index in [0.29, 0.717) is 6.04 Å². The first-order chi connectivity index (χ1) is 8.69. The van der Waals surface area contributed by atoms with Crippen molar-refractivity contribution in [3.05, 3.63) is 45.9 Å². The number of nitrogens with one attached hydrogen (secondary N) is 1. The number of unbranched alkanes of at least 4 members (excludes halogenated alkanes) is 3. The van der Waals surface area contributed by atoms with E-state index < -0.39 is 0 Å². The van der Waals surface area contributed by atoms with E-state index in [1.807, 2.05) is 25.3 Å². The molecule has 1 unspecified atom stereocenters. The molecule has 0 bridgehead atoms. The molecule has 18 heavy (non-hydrogen) atoms. The summed E-state index contributed by atoms with van der Waals surface area (Å²) in [6.45, 7) is 3.74. The van der Waals surface area contributed by atoms with Crippen LogP contribution in [0.3, 0.4) is 0 Å². The van der Waals surface area contributed by atoms with Gasteiger partial charge in [0.25, 0.3) is 0 Å². The Bertz CT molecular complexity index is 379. The molecule has 0 aromatic heterocycles. The molecule has 0 aliphatic rings. The van der Waals surface area contributed by atoms with Gasteiger partial charge >= 0.3 is 0 Å². The zero-order valence-electron chi connectivity index (χ0n) is 10.9. The van der Waals surface area contributed by atoms with Crippen LogP contribution in [-0.4, -0.2) is 7.05 Å². The molecule has 1 nitrogen and oxygen atoms in total. The van der Waals surface area contributed by atoms with Crippen molar-refractivity contribution < 1.29 is 0 Å². The van der Waals surface area contributed by atoms with Crippen LogP contribution in [0.2, 0.25) is 5.02 Å². The van der Waals surface area contributed by atoms with Gasteiger partial charge in [-0.25, -0.2) is 0 Å². The van der Waals surface area contributed by atoms with Gasteiger partial charge in [-0.2, -0.15) is 0 Å². The van der Waals surface area contributed by atoms with Gasteiger partial charge in [0.15, 0.2) is 0 Å². The Kier molecular flexibility index (Phi) is 7.64. The average Bonchev–Trinajstić information content (AvgIpc) is 2.37. The lowest BCUT2D eigenvalue weighted by Crippen LogP contribution is -2.16. The minimum Gasteiger partial charge on any atom is -0.313 e. The number of halogens is 2. The van der Waals surface area contributed by atoms with Gasteiger partial charge in [-0.05, 0) is 59.9 Å². The van der Waals surface area contributed by atoms with Crippen molar-refractivity contribution in [1.29, 1.82) is 0 Å². The monoisotopic (exact) mass is 329 g/mol. The smallest absolute Gasteiger partial charge is 0.0551 e. The van der Waals surface area contributed by atoms with Gasteiger partial charge in [-0.15, -0.1) is 6.58 Å². The Morgan fingerprint density at radius 3 is 2.78 bits per heavy atom. The molecule has 0 fully saturated rings. The molecule has 0 amide bonds. The molecule has 0 aliphatic heterocycles. The fraction of sp³-hybridized carbons (Fsp3) is 0.467. The van der Waals surface area contributed by atoms with E-state index in [1.165, 1.54) is 24.8 Å². The number of hydrogen-bond donors (Lipinski definition) is 1. The standard InChI is InChI=1S/C15H21BrClN/c1-3-4-5-6-7-8-15(18-2)12-9-10-13(16)14(17)11-12/h3,9-11,15,18H,1,4-8H2,2H3. The summed E-state index contributed by atoms with van der Waals surface area (Å²) in [7, 11) is 2.00. The minimum absolute atomic E-state index is 0.388. The third kappa shape index (κ3) is 5.13. The molecule has 0 saturated heterocycles. The maximum absolute atomic E-state index is 6.13. The number of benzene rings is 1. The first-order valence-electron chi connectivity index (χ1n) is 6.42. The first kappa shape index (κ1) is 15.7. The summed E-state index contributed by atoms with van der Waals surface area (Å²) < 4.78 is 0.953. The summed E-state index contributed by atoms with van der Waals surface area (Å²) >= 11 is 9.55. The van der Waals surface area contributed by atoms with Crippen LogP contribution in [0.1, 0.15) is 43.7 Å². The summed E-state index contributed by atoms with van der Waals surface area (Å²) in [5.74, 6) is 0. The van der Waals surface area contributed by atoms with Crippen LogP contribution in [0.25, 0.3) is 0 Å². The van der Waals surface area contributed by atoms with Crippen molar-refractivity contribution in [2.24, 2.45) is 0 Å². The van der Waals surface area contributed by atoms with E-state index in [4.69, 9.17) is 11.6 Å². The summed E-state index contributed by atoms with van der Waals surface area (Å²) in [6.07, 6.45) is 7.98. The van der Waals surface area contributed by atoms with Crippen molar-refractivity contribution in [2.75, 3.05) is 7.05 Å². The summed E-state index contributed by atoms with van der Waals surface area (Å²) in [6, 6.07) is 6.57. The summed E-state index contributed by atoms with van der Waals surface area (Å²) in [5.41, 5.74) is 1.26. The number of allylic oxidation sites excluding steroid dienone is 1. The van der Waals surface area contributed by atoms with Crippen molar-refractivity contribution in [2.45, 2.75) is 38.1 Å². The Hall–Kier alpha value is -0.310. The molecule has 3 heteroatoms. The largest absolute Gasteiger partial charge is 0.313 e. The Labute approximate surface area is 124 Å². The number of hydrogen-bond acceptors (Lipinski definition) is 1. The Morgan fingerprint density at radius 2 is 2.17 bits per heavy atom. The van der Waals surface area contributed by atoms with E-state index in [1.54, 1.807) is 0 Å². The van der Waals surface area contributed by atoms with Gasteiger partial charge in [0.2, 0.25) is 0 Å². The van der Waals surface area contributed by atoms with Crippen LogP contribution < -0.4 is 5.32 Å². The fourth-order valence-corrected chi connectivity index (χ4v) is 2.46.